The van der Waals surface area contributed by atoms with Crippen molar-refractivity contribution >= 4 is 23.2 Å². The Morgan fingerprint density at radius 2 is 1.73 bits per heavy atom. The van der Waals surface area contributed by atoms with Gasteiger partial charge in [0.1, 0.15) is 0 Å². The molecule has 0 saturated carbocycles. The number of amides is 2. The number of nitrogens with zero attached hydrogens (tertiary/aromatic N) is 4. The van der Waals surface area contributed by atoms with Crippen LogP contribution in [-0.4, -0.2) is 96.9 Å². The van der Waals surface area contributed by atoms with Crippen molar-refractivity contribution in [1.29, 1.82) is 0 Å². The van der Waals surface area contributed by atoms with E-state index in [9.17, 15) is 9.59 Å². The molecule has 2 amide bonds. The summed E-state index contributed by atoms with van der Waals surface area (Å²) in [5, 5.41) is 3.83. The molecule has 140 valence electrons. The average Bonchev–Trinajstić information content (AvgIpc) is 3.09. The van der Waals surface area contributed by atoms with Crippen LogP contribution in [0.15, 0.2) is 16.8 Å². The Kier molecular flexibility index (Phi) is 6.67. The molecule has 0 spiro atoms. The molecule has 1 aromatic rings. The van der Waals surface area contributed by atoms with Crippen LogP contribution in [0.3, 0.4) is 0 Å². The van der Waals surface area contributed by atoms with Crippen molar-refractivity contribution in [2.75, 3.05) is 65.4 Å². The average molecular weight is 375 g/mol. The fourth-order valence-electron chi connectivity index (χ4n) is 3.48. The molecule has 0 bridgehead atoms. The third-order valence-electron chi connectivity index (χ3n) is 5.04. The van der Waals surface area contributed by atoms with Crippen LogP contribution < -0.4 is 0 Å². The van der Waals surface area contributed by atoms with E-state index in [0.29, 0.717) is 19.6 Å². The first kappa shape index (κ1) is 18.9. The van der Waals surface area contributed by atoms with Crippen LogP contribution in [0.4, 0.5) is 0 Å². The molecule has 0 radical (unpaired) electrons. The Bertz CT molecular complexity index is 647. The van der Waals surface area contributed by atoms with E-state index in [2.05, 4.69) is 15.7 Å². The Morgan fingerprint density at radius 1 is 1.00 bits per heavy atom. The zero-order chi connectivity index (χ0) is 18.4. The van der Waals surface area contributed by atoms with Crippen LogP contribution in [0.2, 0.25) is 0 Å². The molecule has 2 saturated heterocycles. The van der Waals surface area contributed by atoms with Gasteiger partial charge in [-0.3, -0.25) is 19.4 Å². The first-order chi connectivity index (χ1) is 12.7. The lowest BCUT2D eigenvalue weighted by Crippen LogP contribution is -2.51. The molecular formula is C19H26N4O2S. The van der Waals surface area contributed by atoms with Gasteiger partial charge in [0.15, 0.2) is 0 Å². The van der Waals surface area contributed by atoms with Gasteiger partial charge in [0, 0.05) is 57.7 Å². The van der Waals surface area contributed by atoms with Gasteiger partial charge in [0.25, 0.3) is 5.91 Å². The van der Waals surface area contributed by atoms with Crippen LogP contribution in [-0.2, 0) is 4.79 Å². The van der Waals surface area contributed by atoms with Crippen LogP contribution in [0.1, 0.15) is 16.8 Å². The van der Waals surface area contributed by atoms with Crippen LogP contribution in [0, 0.1) is 12.3 Å². The lowest BCUT2D eigenvalue weighted by Gasteiger charge is -2.34. The third kappa shape index (κ3) is 4.85. The SMILES string of the molecule is C#CCN1CCN(C(=O)CN2CCCN(C(=O)c3ccsc3)CC2)CC1. The maximum absolute atomic E-state index is 12.6. The van der Waals surface area contributed by atoms with E-state index in [0.717, 1.165) is 57.8 Å². The largest absolute Gasteiger partial charge is 0.339 e. The lowest BCUT2D eigenvalue weighted by atomic mass is 10.3. The summed E-state index contributed by atoms with van der Waals surface area (Å²) in [6.07, 6.45) is 6.25. The lowest BCUT2D eigenvalue weighted by molar-refractivity contribution is -0.134. The summed E-state index contributed by atoms with van der Waals surface area (Å²) >= 11 is 1.54. The highest BCUT2D eigenvalue weighted by atomic mass is 32.1. The van der Waals surface area contributed by atoms with Gasteiger partial charge in [-0.15, -0.1) is 6.42 Å². The third-order valence-corrected chi connectivity index (χ3v) is 5.73. The summed E-state index contributed by atoms with van der Waals surface area (Å²) in [4.78, 5) is 33.3. The van der Waals surface area contributed by atoms with Crippen molar-refractivity contribution in [2.24, 2.45) is 0 Å². The van der Waals surface area contributed by atoms with E-state index in [1.807, 2.05) is 26.6 Å². The maximum Gasteiger partial charge on any atom is 0.254 e. The predicted molar refractivity (Wildman–Crippen MR) is 103 cm³/mol. The number of thiophene rings is 1. The standard InChI is InChI=1S/C19H26N4O2S/c1-2-5-20-8-11-22(12-9-20)18(24)15-21-6-3-7-23(13-10-21)19(25)17-4-14-26-16-17/h1,4,14,16H,3,5-13,15H2. The molecule has 6 nitrogen and oxygen atoms in total. The molecule has 26 heavy (non-hydrogen) atoms. The van der Waals surface area contributed by atoms with Crippen molar-refractivity contribution in [2.45, 2.75) is 6.42 Å². The van der Waals surface area contributed by atoms with E-state index < -0.39 is 0 Å². The highest BCUT2D eigenvalue weighted by molar-refractivity contribution is 7.08. The Balaban J connectivity index is 1.45. The van der Waals surface area contributed by atoms with Gasteiger partial charge >= 0.3 is 0 Å². The molecule has 0 aliphatic carbocycles. The summed E-state index contributed by atoms with van der Waals surface area (Å²) in [6, 6.07) is 1.87. The molecule has 0 aromatic carbocycles. The number of hydrogen-bond donors (Lipinski definition) is 0. The normalized spacial score (nSPS) is 19.8. The Morgan fingerprint density at radius 3 is 2.42 bits per heavy atom. The summed E-state index contributed by atoms with van der Waals surface area (Å²) < 4.78 is 0. The van der Waals surface area contributed by atoms with Crippen molar-refractivity contribution in [3.05, 3.63) is 22.4 Å². The van der Waals surface area contributed by atoms with Gasteiger partial charge in [0.2, 0.25) is 5.91 Å². The first-order valence-electron chi connectivity index (χ1n) is 9.15. The summed E-state index contributed by atoms with van der Waals surface area (Å²) in [7, 11) is 0. The molecule has 0 N–H and O–H groups in total. The predicted octanol–water partition coefficient (Wildman–Crippen LogP) is 0.673. The minimum atomic E-state index is 0.101. The second-order valence-electron chi connectivity index (χ2n) is 6.79. The van der Waals surface area contributed by atoms with Gasteiger partial charge in [0.05, 0.1) is 18.7 Å². The minimum absolute atomic E-state index is 0.101. The zero-order valence-electron chi connectivity index (χ0n) is 15.1. The van der Waals surface area contributed by atoms with Gasteiger partial charge in [-0.25, -0.2) is 0 Å². The molecule has 7 heteroatoms. The monoisotopic (exact) mass is 374 g/mol. The second kappa shape index (κ2) is 9.17. The highest BCUT2D eigenvalue weighted by Crippen LogP contribution is 2.12. The number of terminal acetylenes is 1. The maximum atomic E-state index is 12.6. The molecule has 3 rings (SSSR count). The molecule has 0 atom stereocenters. The Hall–Kier alpha value is -1.88. The number of carbonyl (C=O) groups is 2. The van der Waals surface area contributed by atoms with E-state index in [1.54, 1.807) is 11.3 Å². The minimum Gasteiger partial charge on any atom is -0.339 e. The van der Waals surface area contributed by atoms with E-state index in [1.165, 1.54) is 0 Å². The summed E-state index contributed by atoms with van der Waals surface area (Å²) in [5.74, 6) is 2.94. The van der Waals surface area contributed by atoms with E-state index >= 15 is 0 Å². The smallest absolute Gasteiger partial charge is 0.254 e. The van der Waals surface area contributed by atoms with E-state index in [-0.39, 0.29) is 11.8 Å². The van der Waals surface area contributed by atoms with Crippen molar-refractivity contribution in [3.63, 3.8) is 0 Å². The molecule has 0 unspecified atom stereocenters. The second-order valence-corrected chi connectivity index (χ2v) is 7.58. The van der Waals surface area contributed by atoms with Crippen molar-refractivity contribution < 1.29 is 9.59 Å². The van der Waals surface area contributed by atoms with Gasteiger partial charge in [-0.1, -0.05) is 5.92 Å². The van der Waals surface area contributed by atoms with Crippen molar-refractivity contribution in [3.8, 4) is 12.3 Å². The number of rotatable bonds is 4. The van der Waals surface area contributed by atoms with E-state index in [4.69, 9.17) is 6.42 Å². The Labute approximate surface area is 159 Å². The molecule has 3 heterocycles. The zero-order valence-corrected chi connectivity index (χ0v) is 15.9. The van der Waals surface area contributed by atoms with Crippen LogP contribution >= 0.6 is 11.3 Å². The van der Waals surface area contributed by atoms with Crippen LogP contribution in [0.5, 0.6) is 0 Å². The molecular weight excluding hydrogens is 348 g/mol. The topological polar surface area (TPSA) is 47.1 Å². The highest BCUT2D eigenvalue weighted by Gasteiger charge is 2.25. The summed E-state index contributed by atoms with van der Waals surface area (Å²) in [6.45, 7) is 7.32. The number of piperazine rings is 1. The molecule has 1 aromatic heterocycles. The fraction of sp³-hybridized carbons (Fsp3) is 0.579. The molecule has 2 fully saturated rings. The van der Waals surface area contributed by atoms with Gasteiger partial charge in [-0.2, -0.15) is 11.3 Å². The molecule has 2 aliphatic heterocycles. The van der Waals surface area contributed by atoms with Gasteiger partial charge < -0.3 is 9.80 Å². The first-order valence-corrected chi connectivity index (χ1v) is 10.1. The molecule has 2 aliphatic rings. The quantitative estimate of drug-likeness (QED) is 0.727. The fourth-order valence-corrected chi connectivity index (χ4v) is 4.11. The number of hydrogen-bond acceptors (Lipinski definition) is 5. The van der Waals surface area contributed by atoms with Gasteiger partial charge in [-0.05, 0) is 17.9 Å². The summed E-state index contributed by atoms with van der Waals surface area (Å²) in [5.41, 5.74) is 0.768. The number of carbonyl (C=O) groups excluding carboxylic acids is 2. The van der Waals surface area contributed by atoms with Crippen molar-refractivity contribution in [1.82, 2.24) is 19.6 Å². The van der Waals surface area contributed by atoms with Crippen LogP contribution in [0.25, 0.3) is 0 Å².